The number of rotatable bonds is 7. The summed E-state index contributed by atoms with van der Waals surface area (Å²) in [6.45, 7) is 5.01. The van der Waals surface area contributed by atoms with E-state index in [1.165, 1.54) is 11.2 Å². The SMILES string of the molecule is Cc1cccc(C)c1OCC(=O)c1ccc2c(c1)N(Cc1nc(C(=O)N3CCCC3)co1)C(=O)CO2. The number of amides is 2. The number of anilines is 1. The number of ketones is 1. The molecule has 0 radical (unpaired) electrons. The fourth-order valence-electron chi connectivity index (χ4n) is 4.50. The van der Waals surface area contributed by atoms with E-state index in [4.69, 9.17) is 13.9 Å². The Labute approximate surface area is 208 Å². The number of nitrogens with zero attached hydrogens (tertiary/aromatic N) is 3. The van der Waals surface area contributed by atoms with E-state index in [0.29, 0.717) is 35.8 Å². The van der Waals surface area contributed by atoms with Gasteiger partial charge in [-0.15, -0.1) is 0 Å². The normalized spacial score (nSPS) is 15.0. The van der Waals surface area contributed by atoms with Crippen LogP contribution in [0.25, 0.3) is 0 Å². The highest BCUT2D eigenvalue weighted by molar-refractivity contribution is 6.02. The van der Waals surface area contributed by atoms with Crippen molar-refractivity contribution in [3.8, 4) is 11.5 Å². The number of carbonyl (C=O) groups is 3. The maximum absolute atomic E-state index is 12.9. The number of hydrogen-bond acceptors (Lipinski definition) is 7. The smallest absolute Gasteiger partial charge is 0.275 e. The van der Waals surface area contributed by atoms with E-state index < -0.39 is 0 Å². The van der Waals surface area contributed by atoms with Crippen molar-refractivity contribution in [2.45, 2.75) is 33.2 Å². The summed E-state index contributed by atoms with van der Waals surface area (Å²) in [4.78, 5) is 45.8. The van der Waals surface area contributed by atoms with Gasteiger partial charge in [-0.2, -0.15) is 0 Å². The average Bonchev–Trinajstić information content (AvgIpc) is 3.57. The molecule has 3 aromatic rings. The van der Waals surface area contributed by atoms with Crippen LogP contribution in [0.2, 0.25) is 0 Å². The van der Waals surface area contributed by atoms with Crippen molar-refractivity contribution in [1.82, 2.24) is 9.88 Å². The van der Waals surface area contributed by atoms with Gasteiger partial charge in [0.25, 0.3) is 11.8 Å². The van der Waals surface area contributed by atoms with Gasteiger partial charge in [0.2, 0.25) is 5.89 Å². The lowest BCUT2D eigenvalue weighted by Crippen LogP contribution is -2.38. The van der Waals surface area contributed by atoms with Gasteiger partial charge in [0.05, 0.1) is 5.69 Å². The maximum atomic E-state index is 12.9. The zero-order valence-electron chi connectivity index (χ0n) is 20.3. The second-order valence-corrected chi connectivity index (χ2v) is 9.01. The molecule has 2 aliphatic heterocycles. The monoisotopic (exact) mass is 489 g/mol. The van der Waals surface area contributed by atoms with E-state index >= 15 is 0 Å². The summed E-state index contributed by atoms with van der Waals surface area (Å²) in [5.74, 6) is 0.688. The van der Waals surface area contributed by atoms with E-state index in [-0.39, 0.29) is 48.9 Å². The Bertz CT molecular complexity index is 1300. The van der Waals surface area contributed by atoms with Crippen molar-refractivity contribution in [3.05, 3.63) is 70.9 Å². The fraction of sp³-hybridized carbons (Fsp3) is 0.333. The molecule has 0 unspecified atom stereocenters. The van der Waals surface area contributed by atoms with Gasteiger partial charge in [0, 0.05) is 18.7 Å². The standard InChI is InChI=1S/C27H27N3O6/c1-17-6-5-7-18(2)26(17)36-15-22(31)19-8-9-23-21(12-19)30(25(32)16-34-23)13-24-28-20(14-35-24)27(33)29-10-3-4-11-29/h5-9,12,14H,3-4,10-11,13,15-16H2,1-2H3. The van der Waals surface area contributed by atoms with Crippen LogP contribution >= 0.6 is 0 Å². The third-order valence-electron chi connectivity index (χ3n) is 6.44. The zero-order chi connectivity index (χ0) is 25.2. The molecule has 1 aromatic heterocycles. The first-order chi connectivity index (χ1) is 17.4. The molecule has 0 bridgehead atoms. The van der Waals surface area contributed by atoms with Gasteiger partial charge in [-0.25, -0.2) is 4.98 Å². The van der Waals surface area contributed by atoms with Crippen LogP contribution in [0, 0.1) is 13.8 Å². The third kappa shape index (κ3) is 4.68. The van der Waals surface area contributed by atoms with Crippen molar-refractivity contribution < 1.29 is 28.3 Å². The summed E-state index contributed by atoms with van der Waals surface area (Å²) < 4.78 is 16.9. The molecule has 2 aromatic carbocycles. The number of likely N-dealkylation sites (tertiary alicyclic amines) is 1. The van der Waals surface area contributed by atoms with E-state index in [1.54, 1.807) is 23.1 Å². The topological polar surface area (TPSA) is 102 Å². The second-order valence-electron chi connectivity index (χ2n) is 9.01. The van der Waals surface area contributed by atoms with Crippen molar-refractivity contribution in [2.75, 3.05) is 31.2 Å². The molecular formula is C27H27N3O6. The second kappa shape index (κ2) is 9.85. The summed E-state index contributed by atoms with van der Waals surface area (Å²) in [7, 11) is 0. The molecule has 9 heteroatoms. The van der Waals surface area contributed by atoms with Crippen LogP contribution in [0.1, 0.15) is 50.7 Å². The van der Waals surface area contributed by atoms with Gasteiger partial charge in [-0.05, 0) is 56.0 Å². The molecule has 1 fully saturated rings. The molecule has 0 saturated carbocycles. The minimum Gasteiger partial charge on any atom is -0.485 e. The van der Waals surface area contributed by atoms with Crippen LogP contribution in [0.5, 0.6) is 11.5 Å². The Kier molecular flexibility index (Phi) is 6.45. The molecule has 9 nitrogen and oxygen atoms in total. The van der Waals surface area contributed by atoms with Crippen molar-refractivity contribution in [3.63, 3.8) is 0 Å². The first-order valence-corrected chi connectivity index (χ1v) is 11.9. The molecule has 5 rings (SSSR count). The molecule has 0 aliphatic carbocycles. The number of aromatic nitrogens is 1. The molecule has 1 saturated heterocycles. The van der Waals surface area contributed by atoms with Crippen LogP contribution in [0.3, 0.4) is 0 Å². The van der Waals surface area contributed by atoms with Crippen LogP contribution in [0.15, 0.2) is 47.1 Å². The Morgan fingerprint density at radius 3 is 2.58 bits per heavy atom. The summed E-state index contributed by atoms with van der Waals surface area (Å²) in [5.41, 5.74) is 2.95. The highest BCUT2D eigenvalue weighted by Gasteiger charge is 2.29. The van der Waals surface area contributed by atoms with E-state index in [0.717, 1.165) is 24.0 Å². The first kappa shape index (κ1) is 23.6. The minimum atomic E-state index is -0.301. The zero-order valence-corrected chi connectivity index (χ0v) is 20.3. The summed E-state index contributed by atoms with van der Waals surface area (Å²) in [6, 6.07) is 10.7. The molecular weight excluding hydrogens is 462 g/mol. The molecule has 2 aliphatic rings. The number of aryl methyl sites for hydroxylation is 2. The molecule has 186 valence electrons. The number of para-hydroxylation sites is 1. The number of oxazole rings is 1. The summed E-state index contributed by atoms with van der Waals surface area (Å²) in [5, 5.41) is 0. The van der Waals surface area contributed by atoms with E-state index in [2.05, 4.69) is 4.98 Å². The number of ether oxygens (including phenoxy) is 2. The predicted octanol–water partition coefficient (Wildman–Crippen LogP) is 3.71. The molecule has 0 spiro atoms. The predicted molar refractivity (Wildman–Crippen MR) is 131 cm³/mol. The number of carbonyl (C=O) groups excluding carboxylic acids is 3. The largest absolute Gasteiger partial charge is 0.485 e. The number of Topliss-reactive ketones (excluding diaryl/α,β-unsaturated/α-hetero) is 1. The lowest BCUT2D eigenvalue weighted by Gasteiger charge is -2.28. The quantitative estimate of drug-likeness (QED) is 0.466. The Morgan fingerprint density at radius 1 is 1.08 bits per heavy atom. The van der Waals surface area contributed by atoms with Crippen LogP contribution < -0.4 is 14.4 Å². The van der Waals surface area contributed by atoms with Gasteiger partial charge < -0.3 is 18.8 Å². The molecule has 0 atom stereocenters. The van der Waals surface area contributed by atoms with Crippen molar-refractivity contribution in [2.24, 2.45) is 0 Å². The Morgan fingerprint density at radius 2 is 1.83 bits per heavy atom. The van der Waals surface area contributed by atoms with E-state index in [9.17, 15) is 14.4 Å². The molecule has 3 heterocycles. The van der Waals surface area contributed by atoms with Crippen LogP contribution in [-0.2, 0) is 11.3 Å². The first-order valence-electron chi connectivity index (χ1n) is 11.9. The average molecular weight is 490 g/mol. The lowest BCUT2D eigenvalue weighted by molar-refractivity contribution is -0.121. The van der Waals surface area contributed by atoms with Crippen LogP contribution in [-0.4, -0.2) is 53.8 Å². The molecule has 36 heavy (non-hydrogen) atoms. The minimum absolute atomic E-state index is 0.0129. The number of benzene rings is 2. The Hall–Kier alpha value is -4.14. The fourth-order valence-corrected chi connectivity index (χ4v) is 4.50. The summed E-state index contributed by atoms with van der Waals surface area (Å²) in [6.07, 6.45) is 3.28. The number of hydrogen-bond donors (Lipinski definition) is 0. The molecule has 2 amide bonds. The van der Waals surface area contributed by atoms with Gasteiger partial charge in [0.1, 0.15) is 24.3 Å². The highest BCUT2D eigenvalue weighted by atomic mass is 16.5. The van der Waals surface area contributed by atoms with Gasteiger partial charge in [-0.3, -0.25) is 19.3 Å². The summed E-state index contributed by atoms with van der Waals surface area (Å²) >= 11 is 0. The van der Waals surface area contributed by atoms with Gasteiger partial charge in [0.15, 0.2) is 24.7 Å². The van der Waals surface area contributed by atoms with Crippen LogP contribution in [0.4, 0.5) is 5.69 Å². The third-order valence-corrected chi connectivity index (χ3v) is 6.44. The molecule has 0 N–H and O–H groups in total. The van der Waals surface area contributed by atoms with Crippen molar-refractivity contribution in [1.29, 1.82) is 0 Å². The highest BCUT2D eigenvalue weighted by Crippen LogP contribution is 2.34. The van der Waals surface area contributed by atoms with Crippen molar-refractivity contribution >= 4 is 23.3 Å². The lowest BCUT2D eigenvalue weighted by atomic mass is 10.1. The number of fused-ring (bicyclic) bond motifs is 1. The van der Waals surface area contributed by atoms with E-state index in [1.807, 2.05) is 32.0 Å². The Balaban J connectivity index is 1.33. The maximum Gasteiger partial charge on any atom is 0.275 e. The van der Waals surface area contributed by atoms with Gasteiger partial charge >= 0.3 is 0 Å². The van der Waals surface area contributed by atoms with Gasteiger partial charge in [-0.1, -0.05) is 18.2 Å².